The van der Waals surface area contributed by atoms with Gasteiger partial charge in [0.1, 0.15) is 11.6 Å². The minimum absolute atomic E-state index is 0.0817. The van der Waals surface area contributed by atoms with Gasteiger partial charge in [0, 0.05) is 27.0 Å². The summed E-state index contributed by atoms with van der Waals surface area (Å²) in [6.45, 7) is 0. The average Bonchev–Trinajstić information content (AvgIpc) is 2.43. The first-order valence-electron chi connectivity index (χ1n) is 5.97. The van der Waals surface area contributed by atoms with Crippen LogP contribution in [0.2, 0.25) is 5.02 Å². The summed E-state index contributed by atoms with van der Waals surface area (Å²) in [7, 11) is 1.52. The van der Waals surface area contributed by atoms with E-state index in [4.69, 9.17) is 16.3 Å². The van der Waals surface area contributed by atoms with Crippen LogP contribution in [0.25, 0.3) is 0 Å². The lowest BCUT2D eigenvalue weighted by molar-refractivity contribution is 0.172. The zero-order valence-corrected chi connectivity index (χ0v) is 13.1. The van der Waals surface area contributed by atoms with Gasteiger partial charge in [0.15, 0.2) is 0 Å². The molecule has 0 aliphatic carbocycles. The standard InChI is InChI=1S/C15H13BrClFO2/c1-20-15-6-5-9(16)7-11(15)14(19)8-10-12(17)3-2-4-13(10)18/h2-7,14,19H,8H2,1H3. The minimum Gasteiger partial charge on any atom is -0.496 e. The van der Waals surface area contributed by atoms with E-state index in [0.717, 1.165) is 4.47 Å². The molecule has 0 heterocycles. The predicted molar refractivity (Wildman–Crippen MR) is 80.8 cm³/mol. The number of methoxy groups -OCH3 is 1. The second-order valence-electron chi connectivity index (χ2n) is 4.31. The molecule has 0 bridgehead atoms. The average molecular weight is 360 g/mol. The molecule has 0 spiro atoms. The van der Waals surface area contributed by atoms with Crippen LogP contribution in [0.15, 0.2) is 40.9 Å². The van der Waals surface area contributed by atoms with Gasteiger partial charge in [-0.25, -0.2) is 4.39 Å². The van der Waals surface area contributed by atoms with E-state index >= 15 is 0 Å². The van der Waals surface area contributed by atoms with Crippen LogP contribution in [0.1, 0.15) is 17.2 Å². The van der Waals surface area contributed by atoms with Crippen molar-refractivity contribution in [2.75, 3.05) is 7.11 Å². The molecule has 2 aromatic carbocycles. The Morgan fingerprint density at radius 1 is 1.35 bits per heavy atom. The molecule has 0 aliphatic rings. The maximum absolute atomic E-state index is 13.8. The van der Waals surface area contributed by atoms with E-state index in [1.165, 1.54) is 19.2 Å². The molecule has 1 atom stereocenters. The number of rotatable bonds is 4. The zero-order chi connectivity index (χ0) is 14.7. The van der Waals surface area contributed by atoms with Crippen LogP contribution in [0, 0.1) is 5.82 Å². The fourth-order valence-corrected chi connectivity index (χ4v) is 2.62. The number of hydrogen-bond acceptors (Lipinski definition) is 2. The molecule has 1 N–H and O–H groups in total. The van der Waals surface area contributed by atoms with Gasteiger partial charge in [-0.15, -0.1) is 0 Å². The van der Waals surface area contributed by atoms with Gasteiger partial charge in [-0.2, -0.15) is 0 Å². The van der Waals surface area contributed by atoms with Crippen molar-refractivity contribution in [2.24, 2.45) is 0 Å². The maximum Gasteiger partial charge on any atom is 0.127 e. The largest absolute Gasteiger partial charge is 0.496 e. The summed E-state index contributed by atoms with van der Waals surface area (Å²) in [5.74, 6) is 0.124. The van der Waals surface area contributed by atoms with Crippen LogP contribution in [0.5, 0.6) is 5.75 Å². The monoisotopic (exact) mass is 358 g/mol. The SMILES string of the molecule is COc1ccc(Br)cc1C(O)Cc1c(F)cccc1Cl. The summed E-state index contributed by atoms with van der Waals surface area (Å²) in [6.07, 6.45) is -0.824. The lowest BCUT2D eigenvalue weighted by Crippen LogP contribution is -2.06. The molecule has 2 aromatic rings. The number of aliphatic hydroxyl groups is 1. The lowest BCUT2D eigenvalue weighted by Gasteiger charge is -2.16. The van der Waals surface area contributed by atoms with E-state index in [0.29, 0.717) is 21.9 Å². The Balaban J connectivity index is 2.33. The van der Waals surface area contributed by atoms with E-state index in [2.05, 4.69) is 15.9 Å². The Morgan fingerprint density at radius 2 is 2.10 bits per heavy atom. The normalized spacial score (nSPS) is 12.2. The maximum atomic E-state index is 13.8. The molecular weight excluding hydrogens is 347 g/mol. The van der Waals surface area contributed by atoms with E-state index < -0.39 is 11.9 Å². The first-order valence-corrected chi connectivity index (χ1v) is 7.14. The number of aliphatic hydroxyl groups excluding tert-OH is 1. The molecule has 5 heteroatoms. The van der Waals surface area contributed by atoms with Crippen LogP contribution in [-0.4, -0.2) is 12.2 Å². The van der Waals surface area contributed by atoms with E-state index in [1.54, 1.807) is 18.2 Å². The number of benzene rings is 2. The Kier molecular flexibility index (Phi) is 5.02. The van der Waals surface area contributed by atoms with Crippen molar-refractivity contribution in [3.8, 4) is 5.75 Å². The van der Waals surface area contributed by atoms with E-state index in [1.807, 2.05) is 6.07 Å². The van der Waals surface area contributed by atoms with Crippen LogP contribution in [0.4, 0.5) is 4.39 Å². The molecule has 0 radical (unpaired) electrons. The fourth-order valence-electron chi connectivity index (χ4n) is 2.00. The first kappa shape index (κ1) is 15.3. The molecule has 2 nitrogen and oxygen atoms in total. The van der Waals surface area contributed by atoms with Crippen LogP contribution < -0.4 is 4.74 Å². The van der Waals surface area contributed by atoms with Gasteiger partial charge < -0.3 is 9.84 Å². The van der Waals surface area contributed by atoms with E-state index in [9.17, 15) is 9.50 Å². The molecule has 0 aliphatic heterocycles. The number of halogens is 3. The Bertz CT molecular complexity index is 599. The lowest BCUT2D eigenvalue weighted by atomic mass is 10.00. The van der Waals surface area contributed by atoms with Crippen molar-refractivity contribution in [1.82, 2.24) is 0 Å². The van der Waals surface area contributed by atoms with Crippen molar-refractivity contribution >= 4 is 27.5 Å². The van der Waals surface area contributed by atoms with Crippen molar-refractivity contribution < 1.29 is 14.2 Å². The van der Waals surface area contributed by atoms with Crippen molar-refractivity contribution in [2.45, 2.75) is 12.5 Å². The second-order valence-corrected chi connectivity index (χ2v) is 5.63. The van der Waals surface area contributed by atoms with Gasteiger partial charge in [0.05, 0.1) is 13.2 Å². The van der Waals surface area contributed by atoms with Crippen LogP contribution >= 0.6 is 27.5 Å². The molecule has 0 saturated carbocycles. The Labute approximate surface area is 130 Å². The third-order valence-corrected chi connectivity index (χ3v) is 3.86. The van der Waals surface area contributed by atoms with Gasteiger partial charge in [-0.1, -0.05) is 33.6 Å². The highest BCUT2D eigenvalue weighted by molar-refractivity contribution is 9.10. The molecular formula is C15H13BrClFO2. The van der Waals surface area contributed by atoms with E-state index in [-0.39, 0.29) is 6.42 Å². The summed E-state index contributed by atoms with van der Waals surface area (Å²) in [5, 5.41) is 10.6. The zero-order valence-electron chi connectivity index (χ0n) is 10.7. The van der Waals surface area contributed by atoms with Gasteiger partial charge in [0.25, 0.3) is 0 Å². The smallest absolute Gasteiger partial charge is 0.127 e. The number of hydrogen-bond donors (Lipinski definition) is 1. The minimum atomic E-state index is -0.906. The highest BCUT2D eigenvalue weighted by Crippen LogP contribution is 2.32. The van der Waals surface area contributed by atoms with Gasteiger partial charge >= 0.3 is 0 Å². The molecule has 0 fully saturated rings. The molecule has 2 rings (SSSR count). The summed E-state index contributed by atoms with van der Waals surface area (Å²) in [6, 6.07) is 9.76. The third kappa shape index (κ3) is 3.32. The Hall–Kier alpha value is -1.10. The summed E-state index contributed by atoms with van der Waals surface area (Å²) in [5.41, 5.74) is 0.880. The molecule has 20 heavy (non-hydrogen) atoms. The molecule has 0 amide bonds. The van der Waals surface area contributed by atoms with Crippen LogP contribution in [-0.2, 0) is 6.42 Å². The van der Waals surface area contributed by atoms with Crippen LogP contribution in [0.3, 0.4) is 0 Å². The predicted octanol–water partition coefficient (Wildman–Crippen LogP) is 4.53. The number of ether oxygens (including phenoxy) is 1. The second kappa shape index (κ2) is 6.57. The highest BCUT2D eigenvalue weighted by Gasteiger charge is 2.18. The molecule has 106 valence electrons. The van der Waals surface area contributed by atoms with Crippen molar-refractivity contribution in [1.29, 1.82) is 0 Å². The summed E-state index contributed by atoms with van der Waals surface area (Å²) in [4.78, 5) is 0. The molecule has 1 unspecified atom stereocenters. The first-order chi connectivity index (χ1) is 9.52. The topological polar surface area (TPSA) is 29.5 Å². The van der Waals surface area contributed by atoms with Crippen molar-refractivity contribution in [3.63, 3.8) is 0 Å². The fraction of sp³-hybridized carbons (Fsp3) is 0.200. The summed E-state index contributed by atoms with van der Waals surface area (Å²) >= 11 is 9.32. The molecule has 0 aromatic heterocycles. The Morgan fingerprint density at radius 3 is 2.75 bits per heavy atom. The third-order valence-electron chi connectivity index (χ3n) is 3.01. The molecule has 0 saturated heterocycles. The highest BCUT2D eigenvalue weighted by atomic mass is 79.9. The quantitative estimate of drug-likeness (QED) is 0.869. The van der Waals surface area contributed by atoms with Gasteiger partial charge in [-0.05, 0) is 30.3 Å². The van der Waals surface area contributed by atoms with Crippen molar-refractivity contribution in [3.05, 3.63) is 62.8 Å². The van der Waals surface area contributed by atoms with Gasteiger partial charge in [0.2, 0.25) is 0 Å². The summed E-state index contributed by atoms with van der Waals surface area (Å²) < 4.78 is 19.8. The van der Waals surface area contributed by atoms with Gasteiger partial charge in [-0.3, -0.25) is 0 Å².